The second kappa shape index (κ2) is 16.0. The van der Waals surface area contributed by atoms with Crippen molar-refractivity contribution in [3.05, 3.63) is 95.5 Å². The third-order valence-electron chi connectivity index (χ3n) is 9.08. The zero-order valence-corrected chi connectivity index (χ0v) is 35.4. The SMILES string of the molecule is CC(C)(C)C(=O)/C=C(\O)C(C)(C)C.CC(C)Cc1cc(CC(C)C)c2c(ccc3c(-c4[c-]ccc5c4oc4ccccc45)nc(C(C)C)nc32)c1.[Ir]. The van der Waals surface area contributed by atoms with Gasteiger partial charge in [0.15, 0.2) is 5.78 Å². The van der Waals surface area contributed by atoms with Crippen molar-refractivity contribution in [3.63, 3.8) is 0 Å². The predicted octanol–water partition coefficient (Wildman–Crippen LogP) is 12.8. The maximum atomic E-state index is 11.5. The number of carbonyl (C=O) groups is 1. The zero-order valence-electron chi connectivity index (χ0n) is 33.0. The van der Waals surface area contributed by atoms with Crippen molar-refractivity contribution in [2.24, 2.45) is 22.7 Å². The minimum atomic E-state index is -0.417. The molecule has 6 heteroatoms. The van der Waals surface area contributed by atoms with E-state index in [1.54, 1.807) is 0 Å². The van der Waals surface area contributed by atoms with E-state index in [9.17, 15) is 9.90 Å². The number of furan rings is 1. The van der Waals surface area contributed by atoms with Gasteiger partial charge in [-0.1, -0.05) is 136 Å². The van der Waals surface area contributed by atoms with Crippen LogP contribution < -0.4 is 0 Å². The van der Waals surface area contributed by atoms with Crippen LogP contribution in [0.25, 0.3) is 54.9 Å². The number of fused-ring (bicyclic) bond motifs is 6. The molecule has 277 valence electrons. The topological polar surface area (TPSA) is 76.2 Å². The Bertz CT molecular complexity index is 2240. The Hall–Kier alpha value is -3.86. The van der Waals surface area contributed by atoms with Crippen molar-refractivity contribution >= 4 is 49.4 Å². The fourth-order valence-corrected chi connectivity index (χ4v) is 6.29. The number of aromatic nitrogens is 2. The predicted molar refractivity (Wildman–Crippen MR) is 214 cm³/mol. The quantitative estimate of drug-likeness (QED) is 0.0748. The maximum Gasteiger partial charge on any atom is 0.164 e. The Labute approximate surface area is 323 Å². The fraction of sp³-hybridized carbons (Fsp3) is 0.413. The van der Waals surface area contributed by atoms with Gasteiger partial charge in [-0.05, 0) is 52.6 Å². The summed E-state index contributed by atoms with van der Waals surface area (Å²) in [7, 11) is 0. The number of aliphatic hydroxyl groups is 1. The molecule has 0 aliphatic heterocycles. The average Bonchev–Trinajstić information content (AvgIpc) is 3.42. The van der Waals surface area contributed by atoms with Crippen LogP contribution in [-0.2, 0) is 37.7 Å². The number of rotatable bonds is 7. The molecule has 4 aromatic carbocycles. The Morgan fingerprint density at radius 1 is 0.827 bits per heavy atom. The number of hydrogen-bond donors (Lipinski definition) is 1. The monoisotopic (exact) mass is 876 g/mol. The molecule has 0 saturated heterocycles. The molecule has 0 aliphatic carbocycles. The molecule has 0 bridgehead atoms. The minimum Gasteiger partial charge on any atom is -0.512 e. The third-order valence-corrected chi connectivity index (χ3v) is 9.08. The Balaban J connectivity index is 0.000000372. The largest absolute Gasteiger partial charge is 0.512 e. The third kappa shape index (κ3) is 9.01. The van der Waals surface area contributed by atoms with Gasteiger partial charge < -0.3 is 9.52 Å². The van der Waals surface area contributed by atoms with Crippen LogP contribution in [0.4, 0.5) is 0 Å². The summed E-state index contributed by atoms with van der Waals surface area (Å²) in [5.41, 5.74) is 6.56. The van der Waals surface area contributed by atoms with E-state index in [2.05, 4.69) is 90.1 Å². The van der Waals surface area contributed by atoms with Gasteiger partial charge >= 0.3 is 0 Å². The van der Waals surface area contributed by atoms with Crippen molar-refractivity contribution in [2.45, 2.75) is 102 Å². The molecular formula is C46H55IrN2O3-. The molecule has 2 heterocycles. The second-order valence-electron chi connectivity index (χ2n) is 17.2. The molecule has 2 aromatic heterocycles. The minimum absolute atomic E-state index is 0. The van der Waals surface area contributed by atoms with Gasteiger partial charge in [0, 0.05) is 59.4 Å². The van der Waals surface area contributed by atoms with Crippen LogP contribution in [0.5, 0.6) is 0 Å². The zero-order chi connectivity index (χ0) is 37.4. The normalized spacial score (nSPS) is 12.6. The number of aliphatic hydroxyl groups excluding tert-OH is 1. The summed E-state index contributed by atoms with van der Waals surface area (Å²) < 4.78 is 6.41. The molecule has 0 spiro atoms. The van der Waals surface area contributed by atoms with E-state index in [1.807, 2.05) is 59.7 Å². The van der Waals surface area contributed by atoms with E-state index in [-0.39, 0.29) is 43.0 Å². The average molecular weight is 876 g/mol. The molecule has 5 nitrogen and oxygen atoms in total. The van der Waals surface area contributed by atoms with Crippen LogP contribution >= 0.6 is 0 Å². The van der Waals surface area contributed by atoms with E-state index < -0.39 is 5.41 Å². The molecule has 0 unspecified atom stereocenters. The van der Waals surface area contributed by atoms with E-state index in [4.69, 9.17) is 14.4 Å². The van der Waals surface area contributed by atoms with Crippen molar-refractivity contribution in [1.82, 2.24) is 9.97 Å². The fourth-order valence-electron chi connectivity index (χ4n) is 6.29. The number of carbonyl (C=O) groups excluding carboxylic acids is 1. The molecule has 0 atom stereocenters. The van der Waals surface area contributed by atoms with Gasteiger partial charge in [-0.25, -0.2) is 4.98 Å². The first-order valence-corrected chi connectivity index (χ1v) is 18.4. The van der Waals surface area contributed by atoms with Gasteiger partial charge in [-0.2, -0.15) is 0 Å². The molecule has 0 amide bonds. The van der Waals surface area contributed by atoms with Crippen LogP contribution in [0.1, 0.15) is 106 Å². The van der Waals surface area contributed by atoms with Crippen LogP contribution in [0, 0.1) is 28.7 Å². The van der Waals surface area contributed by atoms with Crippen molar-refractivity contribution in [3.8, 4) is 11.3 Å². The number of nitrogens with zero attached hydrogens (tertiary/aromatic N) is 2. The summed E-state index contributed by atoms with van der Waals surface area (Å²) in [5.74, 6) is 2.31. The van der Waals surface area contributed by atoms with Gasteiger partial charge in [0.05, 0.1) is 11.1 Å². The van der Waals surface area contributed by atoms with Crippen LogP contribution in [-0.4, -0.2) is 20.9 Å². The summed E-state index contributed by atoms with van der Waals surface area (Å²) >= 11 is 0. The van der Waals surface area contributed by atoms with Crippen LogP contribution in [0.15, 0.2) is 76.9 Å². The standard InChI is InChI=1S/C35H35N2O.C11H20O2.Ir/c1-20(2)16-23-18-24-14-15-28-32(29-12-9-11-27-26-10-7-8-13-30(26)38-34(27)29)36-35(22(5)6)37-33(28)31(24)25(19-23)17-21(3)4;1-10(2,3)8(12)7-9(13)11(4,5)6;/h7-11,13-15,18-22H,16-17H2,1-6H3;7,12H,1-6H3;/q-1;;/b;8-7-;. The summed E-state index contributed by atoms with van der Waals surface area (Å²) in [4.78, 5) is 21.8. The van der Waals surface area contributed by atoms with Gasteiger partial charge in [0.25, 0.3) is 0 Å². The van der Waals surface area contributed by atoms with Crippen molar-refractivity contribution in [1.29, 1.82) is 0 Å². The molecule has 0 saturated carbocycles. The van der Waals surface area contributed by atoms with E-state index in [0.717, 1.165) is 62.8 Å². The number of ketones is 1. The molecule has 0 fully saturated rings. The van der Waals surface area contributed by atoms with Gasteiger partial charge in [0.1, 0.15) is 17.2 Å². The summed E-state index contributed by atoms with van der Waals surface area (Å²) in [5, 5.41) is 15.3. The molecule has 1 radical (unpaired) electrons. The first kappa shape index (κ1) is 40.9. The summed E-state index contributed by atoms with van der Waals surface area (Å²) in [6.07, 6.45) is 3.43. The maximum absolute atomic E-state index is 11.5. The Morgan fingerprint density at radius 3 is 2.12 bits per heavy atom. The van der Waals surface area contributed by atoms with Crippen molar-refractivity contribution < 1.29 is 34.4 Å². The molecular weight excluding hydrogens is 821 g/mol. The number of hydrogen-bond acceptors (Lipinski definition) is 5. The summed E-state index contributed by atoms with van der Waals surface area (Å²) in [6, 6.07) is 25.0. The Kier molecular flexibility index (Phi) is 12.6. The molecule has 1 N–H and O–H groups in total. The molecule has 6 rings (SSSR count). The smallest absolute Gasteiger partial charge is 0.164 e. The van der Waals surface area contributed by atoms with Crippen LogP contribution in [0.3, 0.4) is 0 Å². The first-order valence-electron chi connectivity index (χ1n) is 18.4. The first-order chi connectivity index (χ1) is 23.8. The van der Waals surface area contributed by atoms with Gasteiger partial charge in [-0.3, -0.25) is 9.78 Å². The number of allylic oxidation sites excluding steroid dienone is 2. The Morgan fingerprint density at radius 2 is 1.50 bits per heavy atom. The van der Waals surface area contributed by atoms with Gasteiger partial charge in [-0.15, -0.1) is 18.2 Å². The van der Waals surface area contributed by atoms with E-state index >= 15 is 0 Å². The van der Waals surface area contributed by atoms with Crippen LogP contribution in [0.2, 0.25) is 0 Å². The molecule has 0 aliphatic rings. The second-order valence-corrected chi connectivity index (χ2v) is 17.2. The summed E-state index contributed by atoms with van der Waals surface area (Å²) in [6.45, 7) is 24.6. The molecule has 52 heavy (non-hydrogen) atoms. The van der Waals surface area contributed by atoms with Crippen molar-refractivity contribution in [2.75, 3.05) is 0 Å². The number of benzene rings is 4. The van der Waals surface area contributed by atoms with Gasteiger partial charge in [0.2, 0.25) is 0 Å². The van der Waals surface area contributed by atoms with E-state index in [0.29, 0.717) is 11.8 Å². The number of para-hydroxylation sites is 1. The molecule has 6 aromatic rings. The van der Waals surface area contributed by atoms with E-state index in [1.165, 1.54) is 28.0 Å².